The first kappa shape index (κ1) is 15.9. The van der Waals surface area contributed by atoms with Gasteiger partial charge in [-0.2, -0.15) is 0 Å². The molecule has 5 heteroatoms. The molecule has 2 aliphatic carbocycles. The van der Waals surface area contributed by atoms with E-state index in [1.54, 1.807) is 0 Å². The maximum absolute atomic E-state index is 12.9. The molecule has 0 aromatic heterocycles. The molecule has 0 spiro atoms. The van der Waals surface area contributed by atoms with E-state index >= 15 is 0 Å². The number of morpholine rings is 1. The molecule has 1 amide bonds. The Hall–Kier alpha value is -0.650. The number of nitrogens with two attached hydrogens (primary N) is 1. The van der Waals surface area contributed by atoms with Crippen molar-refractivity contribution in [3.63, 3.8) is 0 Å². The molecular formula is C18H31N3O2. The highest BCUT2D eigenvalue weighted by Gasteiger charge is 2.50. The van der Waals surface area contributed by atoms with E-state index in [1.165, 1.54) is 19.3 Å². The Morgan fingerprint density at radius 1 is 1.09 bits per heavy atom. The minimum absolute atomic E-state index is 0.119. The molecule has 2 saturated carbocycles. The lowest BCUT2D eigenvalue weighted by Crippen LogP contribution is -2.54. The van der Waals surface area contributed by atoms with Gasteiger partial charge in [0.05, 0.1) is 18.6 Å². The number of rotatable bonds is 2. The highest BCUT2D eigenvalue weighted by molar-refractivity contribution is 5.80. The third-order valence-corrected chi connectivity index (χ3v) is 6.83. The first-order valence-electron chi connectivity index (χ1n) is 9.53. The molecule has 5 unspecified atom stereocenters. The molecule has 0 aromatic carbocycles. The van der Waals surface area contributed by atoms with Crippen molar-refractivity contribution in [3.8, 4) is 0 Å². The quantitative estimate of drug-likeness (QED) is 0.826. The Morgan fingerprint density at radius 2 is 1.83 bits per heavy atom. The monoisotopic (exact) mass is 321 g/mol. The summed E-state index contributed by atoms with van der Waals surface area (Å²) in [6.07, 6.45) is 6.21. The van der Waals surface area contributed by atoms with Gasteiger partial charge in [0.2, 0.25) is 5.91 Å². The van der Waals surface area contributed by atoms with Crippen molar-refractivity contribution in [2.75, 3.05) is 32.8 Å². The Labute approximate surface area is 139 Å². The molecule has 4 rings (SSSR count). The van der Waals surface area contributed by atoms with Crippen molar-refractivity contribution < 1.29 is 9.53 Å². The predicted molar refractivity (Wildman–Crippen MR) is 88.9 cm³/mol. The zero-order valence-corrected chi connectivity index (χ0v) is 14.3. The van der Waals surface area contributed by atoms with Gasteiger partial charge in [-0.15, -0.1) is 0 Å². The van der Waals surface area contributed by atoms with Gasteiger partial charge in [0.1, 0.15) is 0 Å². The molecule has 4 aliphatic rings. The van der Waals surface area contributed by atoms with Crippen LogP contribution in [-0.2, 0) is 9.53 Å². The van der Waals surface area contributed by atoms with Crippen LogP contribution in [0.4, 0.5) is 0 Å². The fraction of sp³-hybridized carbons (Fsp3) is 0.944. The van der Waals surface area contributed by atoms with Crippen LogP contribution in [0, 0.1) is 17.8 Å². The van der Waals surface area contributed by atoms with Crippen LogP contribution < -0.4 is 5.73 Å². The summed E-state index contributed by atoms with van der Waals surface area (Å²) in [7, 11) is 0. The number of likely N-dealkylation sites (tertiary alicyclic amines) is 1. The Kier molecular flexibility index (Phi) is 4.37. The first-order valence-corrected chi connectivity index (χ1v) is 9.53. The van der Waals surface area contributed by atoms with Gasteiger partial charge in [0.15, 0.2) is 0 Å². The second kappa shape index (κ2) is 6.34. The number of carbonyl (C=O) groups is 1. The van der Waals surface area contributed by atoms with E-state index in [4.69, 9.17) is 10.5 Å². The van der Waals surface area contributed by atoms with Crippen molar-refractivity contribution in [2.45, 2.75) is 57.2 Å². The van der Waals surface area contributed by atoms with Crippen LogP contribution in [0.2, 0.25) is 0 Å². The summed E-state index contributed by atoms with van der Waals surface area (Å²) in [4.78, 5) is 17.6. The zero-order chi connectivity index (χ0) is 16.0. The topological polar surface area (TPSA) is 58.8 Å². The molecule has 2 N–H and O–H groups in total. The molecule has 2 heterocycles. The van der Waals surface area contributed by atoms with Crippen LogP contribution in [0.25, 0.3) is 0 Å². The number of piperidine rings is 1. The number of hydrogen-bond acceptors (Lipinski definition) is 4. The van der Waals surface area contributed by atoms with E-state index in [1.807, 2.05) is 0 Å². The highest BCUT2D eigenvalue weighted by atomic mass is 16.5. The second-order valence-electron chi connectivity index (χ2n) is 8.17. The van der Waals surface area contributed by atoms with Gasteiger partial charge in [0, 0.05) is 38.3 Å². The van der Waals surface area contributed by atoms with Gasteiger partial charge in [0.25, 0.3) is 0 Å². The third kappa shape index (κ3) is 2.92. The van der Waals surface area contributed by atoms with Gasteiger partial charge in [-0.1, -0.05) is 0 Å². The summed E-state index contributed by atoms with van der Waals surface area (Å²) in [5.41, 5.74) is 6.36. The fourth-order valence-corrected chi connectivity index (χ4v) is 5.54. The normalized spacial score (nSPS) is 42.3. The molecule has 0 radical (unpaired) electrons. The first-order chi connectivity index (χ1) is 11.1. The molecule has 2 bridgehead atoms. The van der Waals surface area contributed by atoms with E-state index in [0.717, 1.165) is 45.6 Å². The van der Waals surface area contributed by atoms with E-state index in [-0.39, 0.29) is 12.0 Å². The SMILES string of the molecule is CC1CN(C2CCN(C(=O)C3C4CCC(C4)C3N)CC2)CCO1. The number of fused-ring (bicyclic) bond motifs is 2. The Morgan fingerprint density at radius 3 is 2.48 bits per heavy atom. The maximum Gasteiger partial charge on any atom is 0.227 e. The lowest BCUT2D eigenvalue weighted by atomic mass is 9.83. The highest BCUT2D eigenvalue weighted by Crippen LogP contribution is 2.48. The summed E-state index contributed by atoms with van der Waals surface area (Å²) in [6.45, 7) is 6.91. The summed E-state index contributed by atoms with van der Waals surface area (Å²) >= 11 is 0. The average Bonchev–Trinajstić information content (AvgIpc) is 3.15. The number of ether oxygens (including phenoxy) is 1. The smallest absolute Gasteiger partial charge is 0.227 e. The average molecular weight is 321 g/mol. The lowest BCUT2D eigenvalue weighted by molar-refractivity contribution is -0.139. The van der Waals surface area contributed by atoms with Gasteiger partial charge < -0.3 is 15.4 Å². The van der Waals surface area contributed by atoms with Crippen LogP contribution in [-0.4, -0.2) is 66.7 Å². The van der Waals surface area contributed by atoms with Crippen molar-refractivity contribution in [1.82, 2.24) is 9.80 Å². The standard InChI is InChI=1S/C18H31N3O2/c1-12-11-21(8-9-23-12)15-4-6-20(7-5-15)18(22)16-13-2-3-14(10-13)17(16)19/h12-17H,2-11,19H2,1H3. The Balaban J connectivity index is 1.32. The van der Waals surface area contributed by atoms with Gasteiger partial charge in [-0.05, 0) is 50.9 Å². The predicted octanol–water partition coefficient (Wildman–Crippen LogP) is 1.07. The molecular weight excluding hydrogens is 290 g/mol. The van der Waals surface area contributed by atoms with Crippen LogP contribution in [0.1, 0.15) is 39.0 Å². The van der Waals surface area contributed by atoms with Crippen molar-refractivity contribution >= 4 is 5.91 Å². The number of hydrogen-bond donors (Lipinski definition) is 1. The molecule has 5 nitrogen and oxygen atoms in total. The third-order valence-electron chi connectivity index (χ3n) is 6.83. The number of nitrogens with zero attached hydrogens (tertiary/aromatic N) is 2. The summed E-state index contributed by atoms with van der Waals surface area (Å²) < 4.78 is 5.65. The van der Waals surface area contributed by atoms with Crippen molar-refractivity contribution in [2.24, 2.45) is 23.5 Å². The fourth-order valence-electron chi connectivity index (χ4n) is 5.54. The van der Waals surface area contributed by atoms with Gasteiger partial charge in [-0.25, -0.2) is 0 Å². The summed E-state index contributed by atoms with van der Waals surface area (Å²) in [5.74, 6) is 1.66. The summed E-state index contributed by atoms with van der Waals surface area (Å²) in [5, 5.41) is 0. The van der Waals surface area contributed by atoms with Crippen molar-refractivity contribution in [3.05, 3.63) is 0 Å². The molecule has 2 aliphatic heterocycles. The van der Waals surface area contributed by atoms with Gasteiger partial charge >= 0.3 is 0 Å². The molecule has 0 aromatic rings. The maximum atomic E-state index is 12.9. The van der Waals surface area contributed by atoms with Crippen LogP contribution in [0.15, 0.2) is 0 Å². The number of amides is 1. The lowest BCUT2D eigenvalue weighted by Gasteiger charge is -2.42. The van der Waals surface area contributed by atoms with E-state index in [2.05, 4.69) is 16.7 Å². The summed E-state index contributed by atoms with van der Waals surface area (Å²) in [6, 6.07) is 0.748. The second-order valence-corrected chi connectivity index (χ2v) is 8.17. The van der Waals surface area contributed by atoms with E-state index in [0.29, 0.717) is 29.9 Å². The van der Waals surface area contributed by atoms with Crippen LogP contribution in [0.3, 0.4) is 0 Å². The molecule has 23 heavy (non-hydrogen) atoms. The van der Waals surface area contributed by atoms with E-state index < -0.39 is 0 Å². The zero-order valence-electron chi connectivity index (χ0n) is 14.3. The van der Waals surface area contributed by atoms with E-state index in [9.17, 15) is 4.79 Å². The van der Waals surface area contributed by atoms with Gasteiger partial charge in [-0.3, -0.25) is 9.69 Å². The van der Waals surface area contributed by atoms with Crippen LogP contribution >= 0.6 is 0 Å². The molecule has 4 fully saturated rings. The minimum Gasteiger partial charge on any atom is -0.376 e. The molecule has 2 saturated heterocycles. The minimum atomic E-state index is 0.119. The van der Waals surface area contributed by atoms with Crippen LogP contribution in [0.5, 0.6) is 0 Å². The Bertz CT molecular complexity index is 448. The molecule has 5 atom stereocenters. The largest absolute Gasteiger partial charge is 0.376 e. The molecule has 130 valence electrons. The van der Waals surface area contributed by atoms with Crippen molar-refractivity contribution in [1.29, 1.82) is 0 Å². The number of carbonyl (C=O) groups excluding carboxylic acids is 1.